The second kappa shape index (κ2) is 6.07. The molecule has 0 radical (unpaired) electrons. The van der Waals surface area contributed by atoms with E-state index in [1.807, 2.05) is 29.6 Å². The van der Waals surface area contributed by atoms with E-state index < -0.39 is 0 Å². The SMILES string of the molecule is CCC(Nc1nc(NN)nc2sccc12)c1ccccc1. The Labute approximate surface area is 127 Å². The molecule has 0 fully saturated rings. The fourth-order valence-electron chi connectivity index (χ4n) is 2.30. The molecule has 4 N–H and O–H groups in total. The van der Waals surface area contributed by atoms with E-state index in [1.165, 1.54) is 5.56 Å². The Hall–Kier alpha value is -2.18. The number of nitrogens with zero attached hydrogens (tertiary/aromatic N) is 2. The number of thiophene rings is 1. The van der Waals surface area contributed by atoms with E-state index in [2.05, 4.69) is 39.8 Å². The normalized spacial score (nSPS) is 12.3. The molecule has 0 aliphatic heterocycles. The number of fused-ring (bicyclic) bond motifs is 1. The Kier molecular flexibility index (Phi) is 3.98. The van der Waals surface area contributed by atoms with Crippen molar-refractivity contribution in [2.24, 2.45) is 5.84 Å². The van der Waals surface area contributed by atoms with Crippen LogP contribution < -0.4 is 16.6 Å². The third-order valence-electron chi connectivity index (χ3n) is 3.38. The van der Waals surface area contributed by atoms with Gasteiger partial charge in [-0.05, 0) is 23.4 Å². The quantitative estimate of drug-likeness (QED) is 0.496. The van der Waals surface area contributed by atoms with Crippen LogP contribution in [-0.4, -0.2) is 9.97 Å². The van der Waals surface area contributed by atoms with Gasteiger partial charge in [0.25, 0.3) is 0 Å². The molecule has 6 heteroatoms. The highest BCUT2D eigenvalue weighted by Gasteiger charge is 2.14. The molecular weight excluding hydrogens is 282 g/mol. The molecule has 0 saturated heterocycles. The van der Waals surface area contributed by atoms with E-state index in [0.29, 0.717) is 5.95 Å². The number of anilines is 2. The predicted molar refractivity (Wildman–Crippen MR) is 88.3 cm³/mol. The molecule has 3 rings (SSSR count). The van der Waals surface area contributed by atoms with Gasteiger partial charge in [0.15, 0.2) is 0 Å². The molecule has 0 aliphatic carbocycles. The van der Waals surface area contributed by atoms with Gasteiger partial charge >= 0.3 is 0 Å². The first-order chi connectivity index (χ1) is 10.3. The van der Waals surface area contributed by atoms with Crippen LogP contribution in [0.5, 0.6) is 0 Å². The second-order valence-corrected chi connectivity index (χ2v) is 5.59. The molecule has 0 spiro atoms. The summed E-state index contributed by atoms with van der Waals surface area (Å²) in [6.07, 6.45) is 0.963. The highest BCUT2D eigenvalue weighted by Crippen LogP contribution is 2.30. The van der Waals surface area contributed by atoms with Gasteiger partial charge in [-0.1, -0.05) is 37.3 Å². The molecule has 2 heterocycles. The standard InChI is InChI=1S/C15H17N5S/c1-2-12(10-6-4-3-5-7-10)17-13-11-8-9-21-14(11)19-15(18-13)20-16/h3-9,12H,2,16H2,1H3,(H2,17,18,19,20). The second-order valence-electron chi connectivity index (χ2n) is 4.70. The largest absolute Gasteiger partial charge is 0.363 e. The summed E-state index contributed by atoms with van der Waals surface area (Å²) in [6, 6.07) is 12.6. The van der Waals surface area contributed by atoms with Crippen molar-refractivity contribution in [2.75, 3.05) is 10.7 Å². The van der Waals surface area contributed by atoms with Crippen LogP contribution >= 0.6 is 11.3 Å². The Morgan fingerprint density at radius 1 is 1.19 bits per heavy atom. The Bertz CT molecular complexity index is 725. The summed E-state index contributed by atoms with van der Waals surface area (Å²) in [6.45, 7) is 2.15. The van der Waals surface area contributed by atoms with Crippen LogP contribution in [0, 0.1) is 0 Å². The van der Waals surface area contributed by atoms with E-state index in [9.17, 15) is 0 Å². The Morgan fingerprint density at radius 3 is 2.71 bits per heavy atom. The Balaban J connectivity index is 1.98. The lowest BCUT2D eigenvalue weighted by Gasteiger charge is -2.19. The molecular formula is C15H17N5S. The van der Waals surface area contributed by atoms with Crippen LogP contribution in [-0.2, 0) is 0 Å². The first-order valence-corrected chi connectivity index (χ1v) is 7.73. The van der Waals surface area contributed by atoms with Gasteiger partial charge in [0.1, 0.15) is 10.6 Å². The number of hydrogen-bond donors (Lipinski definition) is 3. The van der Waals surface area contributed by atoms with Crippen molar-refractivity contribution in [3.63, 3.8) is 0 Å². The van der Waals surface area contributed by atoms with Crippen molar-refractivity contribution in [1.29, 1.82) is 0 Å². The van der Waals surface area contributed by atoms with Crippen molar-refractivity contribution in [3.8, 4) is 0 Å². The lowest BCUT2D eigenvalue weighted by molar-refractivity contribution is 0.746. The first kappa shape index (κ1) is 13.8. The fraction of sp³-hybridized carbons (Fsp3) is 0.200. The molecule has 108 valence electrons. The molecule has 21 heavy (non-hydrogen) atoms. The molecule has 0 saturated carbocycles. The minimum Gasteiger partial charge on any atom is -0.363 e. The number of nitrogens with one attached hydrogen (secondary N) is 2. The summed E-state index contributed by atoms with van der Waals surface area (Å²) in [7, 11) is 0. The zero-order valence-electron chi connectivity index (χ0n) is 11.7. The number of nitrogens with two attached hydrogens (primary N) is 1. The van der Waals surface area contributed by atoms with Gasteiger partial charge in [-0.15, -0.1) is 11.3 Å². The van der Waals surface area contributed by atoms with E-state index >= 15 is 0 Å². The van der Waals surface area contributed by atoms with Crippen molar-refractivity contribution >= 4 is 33.3 Å². The topological polar surface area (TPSA) is 75.9 Å². The number of hydrazine groups is 1. The van der Waals surface area contributed by atoms with Gasteiger partial charge in [0.05, 0.1) is 11.4 Å². The van der Waals surface area contributed by atoms with E-state index in [0.717, 1.165) is 22.5 Å². The van der Waals surface area contributed by atoms with Gasteiger partial charge in [0.2, 0.25) is 5.95 Å². The van der Waals surface area contributed by atoms with Crippen LogP contribution in [0.4, 0.5) is 11.8 Å². The summed E-state index contributed by atoms with van der Waals surface area (Å²) in [5.41, 5.74) is 3.76. The molecule has 5 nitrogen and oxygen atoms in total. The van der Waals surface area contributed by atoms with E-state index in [1.54, 1.807) is 11.3 Å². The summed E-state index contributed by atoms with van der Waals surface area (Å²) in [5.74, 6) is 6.69. The lowest BCUT2D eigenvalue weighted by Crippen LogP contribution is -2.14. The highest BCUT2D eigenvalue weighted by atomic mass is 32.1. The monoisotopic (exact) mass is 299 g/mol. The highest BCUT2D eigenvalue weighted by molar-refractivity contribution is 7.16. The van der Waals surface area contributed by atoms with E-state index in [-0.39, 0.29) is 6.04 Å². The van der Waals surface area contributed by atoms with Crippen LogP contribution in [0.3, 0.4) is 0 Å². The van der Waals surface area contributed by atoms with Gasteiger partial charge in [-0.25, -0.2) is 10.8 Å². The third-order valence-corrected chi connectivity index (χ3v) is 4.18. The van der Waals surface area contributed by atoms with E-state index in [4.69, 9.17) is 5.84 Å². The summed E-state index contributed by atoms with van der Waals surface area (Å²) >= 11 is 1.57. The average molecular weight is 299 g/mol. The molecule has 1 aromatic carbocycles. The number of aromatic nitrogens is 2. The third kappa shape index (κ3) is 2.81. The zero-order chi connectivity index (χ0) is 14.7. The molecule has 2 aromatic heterocycles. The lowest BCUT2D eigenvalue weighted by atomic mass is 10.0. The van der Waals surface area contributed by atoms with Gasteiger partial charge in [0, 0.05) is 0 Å². The van der Waals surface area contributed by atoms with Crippen molar-refractivity contribution in [3.05, 3.63) is 47.3 Å². The molecule has 0 aliphatic rings. The first-order valence-electron chi connectivity index (χ1n) is 6.85. The maximum atomic E-state index is 5.45. The molecule has 0 amide bonds. The number of nitrogen functional groups attached to an aromatic ring is 1. The van der Waals surface area contributed by atoms with Crippen LogP contribution in [0.25, 0.3) is 10.2 Å². The maximum absolute atomic E-state index is 5.45. The van der Waals surface area contributed by atoms with Gasteiger partial charge < -0.3 is 5.32 Å². The van der Waals surface area contributed by atoms with Crippen molar-refractivity contribution < 1.29 is 0 Å². The molecule has 0 bridgehead atoms. The maximum Gasteiger partial charge on any atom is 0.240 e. The number of benzene rings is 1. The summed E-state index contributed by atoms with van der Waals surface area (Å²) in [5, 5.41) is 6.54. The van der Waals surface area contributed by atoms with Crippen LogP contribution in [0.2, 0.25) is 0 Å². The summed E-state index contributed by atoms with van der Waals surface area (Å²) < 4.78 is 0. The Morgan fingerprint density at radius 2 is 2.00 bits per heavy atom. The minimum absolute atomic E-state index is 0.204. The van der Waals surface area contributed by atoms with Crippen LogP contribution in [0.1, 0.15) is 24.9 Å². The average Bonchev–Trinajstić information content (AvgIpc) is 3.01. The van der Waals surface area contributed by atoms with Crippen molar-refractivity contribution in [2.45, 2.75) is 19.4 Å². The number of hydrogen-bond acceptors (Lipinski definition) is 6. The minimum atomic E-state index is 0.204. The molecule has 1 unspecified atom stereocenters. The summed E-state index contributed by atoms with van der Waals surface area (Å²) in [4.78, 5) is 9.72. The fourth-order valence-corrected chi connectivity index (χ4v) is 3.07. The predicted octanol–water partition coefficient (Wildman–Crippen LogP) is 3.54. The molecule has 1 atom stereocenters. The van der Waals surface area contributed by atoms with Crippen LogP contribution in [0.15, 0.2) is 41.8 Å². The van der Waals surface area contributed by atoms with Crippen molar-refractivity contribution in [1.82, 2.24) is 9.97 Å². The smallest absolute Gasteiger partial charge is 0.240 e. The number of rotatable bonds is 5. The zero-order valence-corrected chi connectivity index (χ0v) is 12.5. The van der Waals surface area contributed by atoms with Gasteiger partial charge in [-0.2, -0.15) is 4.98 Å². The van der Waals surface area contributed by atoms with Gasteiger partial charge in [-0.3, -0.25) is 5.43 Å². The molecule has 3 aromatic rings.